The number of hydrogen-bond donors (Lipinski definition) is 1. The highest BCUT2D eigenvalue weighted by Crippen LogP contribution is 2.24. The maximum Gasteiger partial charge on any atom is 0.338 e. The van der Waals surface area contributed by atoms with E-state index >= 15 is 0 Å². The molecule has 28 heavy (non-hydrogen) atoms. The number of hydrogen-bond acceptors (Lipinski definition) is 6. The Labute approximate surface area is 167 Å². The van der Waals surface area contributed by atoms with Gasteiger partial charge in [0.15, 0.2) is 11.2 Å². The van der Waals surface area contributed by atoms with Gasteiger partial charge in [0, 0.05) is 30.7 Å². The molecule has 6 nitrogen and oxygen atoms in total. The van der Waals surface area contributed by atoms with Gasteiger partial charge in [-0.15, -0.1) is 11.3 Å². The van der Waals surface area contributed by atoms with Crippen LogP contribution in [0.1, 0.15) is 17.3 Å². The van der Waals surface area contributed by atoms with Crippen LogP contribution in [0, 0.1) is 0 Å². The number of nitrogens with zero attached hydrogens (tertiary/aromatic N) is 2. The maximum atomic E-state index is 12.4. The zero-order chi connectivity index (χ0) is 20.1. The van der Waals surface area contributed by atoms with E-state index in [1.165, 1.54) is 18.3 Å². The Bertz CT molecular complexity index is 970. The summed E-state index contributed by atoms with van der Waals surface area (Å²) in [4.78, 5) is 31.0. The van der Waals surface area contributed by atoms with Gasteiger partial charge < -0.3 is 9.64 Å². The first-order valence-corrected chi connectivity index (χ1v) is 9.62. The number of nitrogens with one attached hydrogen (secondary N) is 1. The van der Waals surface area contributed by atoms with Crippen molar-refractivity contribution in [3.05, 3.63) is 65.5 Å². The maximum absolute atomic E-state index is 12.4. The molecule has 0 fully saturated rings. The molecule has 7 heteroatoms. The minimum atomic E-state index is -0.945. The Morgan fingerprint density at radius 3 is 2.57 bits per heavy atom. The number of carbonyl (C=O) groups excluding carboxylic acids is 2. The summed E-state index contributed by atoms with van der Waals surface area (Å²) in [6.45, 7) is 1.54. The molecule has 0 bridgehead atoms. The number of thiazole rings is 1. The van der Waals surface area contributed by atoms with Crippen LogP contribution < -0.4 is 10.2 Å². The molecule has 1 atom stereocenters. The van der Waals surface area contributed by atoms with Crippen molar-refractivity contribution in [2.24, 2.45) is 0 Å². The number of benzene rings is 2. The van der Waals surface area contributed by atoms with Crippen LogP contribution in [-0.4, -0.2) is 37.1 Å². The standard InChI is InChI=1S/C21H21N3O3S/c1-14(27-20(26)16-10-7-11-17(12-16)24(2)3)19(25)23-21-22-18(13-28-21)15-8-5-4-6-9-15/h4-14H,1-3H3,(H,22,23,25)/t14-/m1/s1. The first-order valence-electron chi connectivity index (χ1n) is 8.74. The van der Waals surface area contributed by atoms with Crippen molar-refractivity contribution < 1.29 is 14.3 Å². The molecule has 1 amide bonds. The molecular formula is C21H21N3O3S. The summed E-state index contributed by atoms with van der Waals surface area (Å²) in [7, 11) is 3.77. The topological polar surface area (TPSA) is 71.5 Å². The number of aromatic nitrogens is 1. The molecule has 3 rings (SSSR count). The zero-order valence-corrected chi connectivity index (χ0v) is 16.7. The Kier molecular flexibility index (Phi) is 6.06. The second-order valence-electron chi connectivity index (χ2n) is 6.39. The molecule has 0 aliphatic heterocycles. The first-order chi connectivity index (χ1) is 13.4. The summed E-state index contributed by atoms with van der Waals surface area (Å²) in [5, 5.41) is 5.03. The van der Waals surface area contributed by atoms with Gasteiger partial charge in [0.1, 0.15) is 0 Å². The van der Waals surface area contributed by atoms with Crippen LogP contribution in [0.25, 0.3) is 11.3 Å². The Balaban J connectivity index is 1.61. The number of carbonyl (C=O) groups is 2. The summed E-state index contributed by atoms with van der Waals surface area (Å²) < 4.78 is 5.30. The fourth-order valence-electron chi connectivity index (χ4n) is 2.47. The van der Waals surface area contributed by atoms with Crippen molar-refractivity contribution in [3.8, 4) is 11.3 Å². The lowest BCUT2D eigenvalue weighted by Gasteiger charge is -2.15. The van der Waals surface area contributed by atoms with Crippen LogP contribution >= 0.6 is 11.3 Å². The van der Waals surface area contributed by atoms with E-state index in [1.54, 1.807) is 18.2 Å². The summed E-state index contributed by atoms with van der Waals surface area (Å²) >= 11 is 1.32. The van der Waals surface area contributed by atoms with Gasteiger partial charge in [-0.05, 0) is 25.1 Å². The normalized spacial score (nSPS) is 11.5. The highest BCUT2D eigenvalue weighted by molar-refractivity contribution is 7.14. The Morgan fingerprint density at radius 1 is 1.11 bits per heavy atom. The number of ether oxygens (including phenoxy) is 1. The van der Waals surface area contributed by atoms with E-state index in [0.717, 1.165) is 16.9 Å². The van der Waals surface area contributed by atoms with E-state index in [1.807, 2.05) is 60.8 Å². The second-order valence-corrected chi connectivity index (χ2v) is 7.24. The largest absolute Gasteiger partial charge is 0.449 e. The Morgan fingerprint density at radius 2 is 1.86 bits per heavy atom. The van der Waals surface area contributed by atoms with Gasteiger partial charge in [0.05, 0.1) is 11.3 Å². The average molecular weight is 395 g/mol. The van der Waals surface area contributed by atoms with E-state index in [-0.39, 0.29) is 0 Å². The predicted octanol–water partition coefficient (Wildman–Crippen LogP) is 4.06. The number of esters is 1. The van der Waals surface area contributed by atoms with E-state index < -0.39 is 18.0 Å². The van der Waals surface area contributed by atoms with Gasteiger partial charge in [-0.3, -0.25) is 10.1 Å². The molecule has 1 N–H and O–H groups in total. The number of anilines is 2. The molecule has 0 radical (unpaired) electrons. The monoisotopic (exact) mass is 395 g/mol. The van der Waals surface area contributed by atoms with Gasteiger partial charge in [-0.2, -0.15) is 0 Å². The van der Waals surface area contributed by atoms with Crippen molar-refractivity contribution in [3.63, 3.8) is 0 Å². The van der Waals surface area contributed by atoms with Crippen LogP contribution in [0.5, 0.6) is 0 Å². The second kappa shape index (κ2) is 8.67. The molecule has 0 aliphatic carbocycles. The molecule has 0 saturated carbocycles. The molecule has 144 valence electrons. The van der Waals surface area contributed by atoms with Crippen molar-refractivity contribution in [2.45, 2.75) is 13.0 Å². The molecule has 0 spiro atoms. The summed E-state index contributed by atoms with van der Waals surface area (Å²) in [5.74, 6) is -0.971. The summed E-state index contributed by atoms with van der Waals surface area (Å²) in [5.41, 5.74) is 3.03. The lowest BCUT2D eigenvalue weighted by atomic mass is 10.2. The van der Waals surface area contributed by atoms with Gasteiger partial charge in [0.2, 0.25) is 0 Å². The number of amides is 1. The highest BCUT2D eigenvalue weighted by Gasteiger charge is 2.20. The zero-order valence-electron chi connectivity index (χ0n) is 15.9. The smallest absolute Gasteiger partial charge is 0.338 e. The molecule has 1 aromatic heterocycles. The quantitative estimate of drug-likeness (QED) is 0.637. The fourth-order valence-corrected chi connectivity index (χ4v) is 3.20. The molecule has 0 saturated heterocycles. The third kappa shape index (κ3) is 4.75. The molecule has 0 aliphatic rings. The molecular weight excluding hydrogens is 374 g/mol. The van der Waals surface area contributed by atoms with E-state index in [2.05, 4.69) is 10.3 Å². The lowest BCUT2D eigenvalue weighted by Crippen LogP contribution is -2.30. The van der Waals surface area contributed by atoms with Crippen molar-refractivity contribution in [2.75, 3.05) is 24.3 Å². The van der Waals surface area contributed by atoms with Gasteiger partial charge >= 0.3 is 5.97 Å². The molecule has 1 heterocycles. The fraction of sp³-hybridized carbons (Fsp3) is 0.190. The highest BCUT2D eigenvalue weighted by atomic mass is 32.1. The van der Waals surface area contributed by atoms with Gasteiger partial charge in [-0.1, -0.05) is 36.4 Å². The van der Waals surface area contributed by atoms with E-state index in [9.17, 15) is 9.59 Å². The van der Waals surface area contributed by atoms with E-state index in [4.69, 9.17) is 4.74 Å². The molecule has 3 aromatic rings. The lowest BCUT2D eigenvalue weighted by molar-refractivity contribution is -0.123. The summed E-state index contributed by atoms with van der Waals surface area (Å²) in [6.07, 6.45) is -0.945. The van der Waals surface area contributed by atoms with Gasteiger partial charge in [0.25, 0.3) is 5.91 Å². The molecule has 2 aromatic carbocycles. The molecule has 0 unspecified atom stereocenters. The Hall–Kier alpha value is -3.19. The number of rotatable bonds is 6. The van der Waals surface area contributed by atoms with Crippen LogP contribution in [0.3, 0.4) is 0 Å². The predicted molar refractivity (Wildman–Crippen MR) is 112 cm³/mol. The van der Waals surface area contributed by atoms with Crippen molar-refractivity contribution in [1.82, 2.24) is 4.98 Å². The summed E-state index contributed by atoms with van der Waals surface area (Å²) in [6, 6.07) is 16.7. The van der Waals surface area contributed by atoms with Crippen LogP contribution in [0.4, 0.5) is 10.8 Å². The third-order valence-corrected chi connectivity index (χ3v) is 4.81. The van der Waals surface area contributed by atoms with Crippen molar-refractivity contribution >= 4 is 34.0 Å². The minimum Gasteiger partial charge on any atom is -0.449 e. The van der Waals surface area contributed by atoms with Crippen LogP contribution in [0.2, 0.25) is 0 Å². The van der Waals surface area contributed by atoms with Gasteiger partial charge in [-0.25, -0.2) is 9.78 Å². The van der Waals surface area contributed by atoms with Crippen molar-refractivity contribution in [1.29, 1.82) is 0 Å². The average Bonchev–Trinajstić information content (AvgIpc) is 3.17. The minimum absolute atomic E-state index is 0.395. The van der Waals surface area contributed by atoms with E-state index in [0.29, 0.717) is 10.7 Å². The first kappa shape index (κ1) is 19.6. The third-order valence-electron chi connectivity index (χ3n) is 4.06. The van der Waals surface area contributed by atoms with Crippen LogP contribution in [0.15, 0.2) is 60.0 Å². The SMILES string of the molecule is C[C@@H](OC(=O)c1cccc(N(C)C)c1)C(=O)Nc1nc(-c2ccccc2)cs1. The van der Waals surface area contributed by atoms with Crippen LogP contribution in [-0.2, 0) is 9.53 Å².